The molecule has 0 fully saturated rings. The highest BCUT2D eigenvalue weighted by Crippen LogP contribution is 2.18. The molecule has 0 saturated carbocycles. The van der Waals surface area contributed by atoms with E-state index in [4.69, 9.17) is 4.74 Å². The summed E-state index contributed by atoms with van der Waals surface area (Å²) in [5.41, 5.74) is 2.60. The summed E-state index contributed by atoms with van der Waals surface area (Å²) in [6, 6.07) is 20.4. The SMILES string of the molecule is C/C=C(/CCOc1ccccc1)c1ccccc1. The summed E-state index contributed by atoms with van der Waals surface area (Å²) in [6.07, 6.45) is 3.08. The third-order valence-corrected chi connectivity index (χ3v) is 2.88. The first kappa shape index (κ1) is 12.4. The lowest BCUT2D eigenvalue weighted by Crippen LogP contribution is -1.98. The molecule has 0 atom stereocenters. The standard InChI is InChI=1S/C17H18O/c1-2-15(16-9-5-3-6-10-16)13-14-18-17-11-7-4-8-12-17/h2-12H,13-14H2,1H3/b15-2-. The Morgan fingerprint density at radius 2 is 1.56 bits per heavy atom. The maximum atomic E-state index is 5.72. The minimum atomic E-state index is 0.707. The van der Waals surface area contributed by atoms with Crippen LogP contribution in [0.1, 0.15) is 18.9 Å². The molecule has 2 rings (SSSR count). The van der Waals surface area contributed by atoms with Gasteiger partial charge in [0.2, 0.25) is 0 Å². The summed E-state index contributed by atoms with van der Waals surface area (Å²) in [4.78, 5) is 0. The van der Waals surface area contributed by atoms with Crippen molar-refractivity contribution in [2.45, 2.75) is 13.3 Å². The lowest BCUT2D eigenvalue weighted by Gasteiger charge is -2.09. The first-order valence-electron chi connectivity index (χ1n) is 6.28. The van der Waals surface area contributed by atoms with E-state index >= 15 is 0 Å². The molecule has 1 heteroatoms. The predicted molar refractivity (Wildman–Crippen MR) is 76.6 cm³/mol. The molecular weight excluding hydrogens is 220 g/mol. The molecule has 0 aliphatic carbocycles. The van der Waals surface area contributed by atoms with Crippen molar-refractivity contribution in [3.63, 3.8) is 0 Å². The number of benzene rings is 2. The zero-order chi connectivity index (χ0) is 12.6. The number of ether oxygens (including phenoxy) is 1. The maximum Gasteiger partial charge on any atom is 0.119 e. The molecule has 0 spiro atoms. The van der Waals surface area contributed by atoms with Gasteiger partial charge < -0.3 is 4.74 Å². The number of allylic oxidation sites excluding steroid dienone is 1. The lowest BCUT2D eigenvalue weighted by molar-refractivity contribution is 0.327. The third-order valence-electron chi connectivity index (χ3n) is 2.88. The molecule has 0 bridgehead atoms. The van der Waals surface area contributed by atoms with Crippen LogP contribution in [0.15, 0.2) is 66.7 Å². The minimum absolute atomic E-state index is 0.707. The van der Waals surface area contributed by atoms with Crippen LogP contribution in [0.3, 0.4) is 0 Å². The molecule has 0 aliphatic rings. The average molecular weight is 238 g/mol. The minimum Gasteiger partial charge on any atom is -0.493 e. The van der Waals surface area contributed by atoms with Gasteiger partial charge in [-0.25, -0.2) is 0 Å². The quantitative estimate of drug-likeness (QED) is 0.742. The monoisotopic (exact) mass is 238 g/mol. The Morgan fingerprint density at radius 1 is 0.944 bits per heavy atom. The Bertz CT molecular complexity index is 486. The molecule has 0 aliphatic heterocycles. The second kappa shape index (κ2) is 6.65. The largest absolute Gasteiger partial charge is 0.493 e. The fraction of sp³-hybridized carbons (Fsp3) is 0.176. The summed E-state index contributed by atoms with van der Waals surface area (Å²) in [7, 11) is 0. The van der Waals surface area contributed by atoms with Crippen molar-refractivity contribution in [1.29, 1.82) is 0 Å². The number of hydrogen-bond acceptors (Lipinski definition) is 1. The molecule has 0 saturated heterocycles. The van der Waals surface area contributed by atoms with Crippen LogP contribution in [0, 0.1) is 0 Å². The highest BCUT2D eigenvalue weighted by Gasteiger charge is 2.00. The van der Waals surface area contributed by atoms with Gasteiger partial charge in [0.1, 0.15) is 5.75 Å². The molecule has 0 aromatic heterocycles. The van der Waals surface area contributed by atoms with Gasteiger partial charge in [0, 0.05) is 6.42 Å². The second-order valence-corrected chi connectivity index (χ2v) is 4.09. The number of para-hydroxylation sites is 1. The topological polar surface area (TPSA) is 9.23 Å². The third kappa shape index (κ3) is 3.49. The summed E-state index contributed by atoms with van der Waals surface area (Å²) in [5, 5.41) is 0. The Kier molecular flexibility index (Phi) is 4.60. The molecule has 0 radical (unpaired) electrons. The molecule has 92 valence electrons. The van der Waals surface area contributed by atoms with Crippen molar-refractivity contribution >= 4 is 5.57 Å². The van der Waals surface area contributed by atoms with E-state index in [9.17, 15) is 0 Å². The highest BCUT2D eigenvalue weighted by molar-refractivity contribution is 5.65. The van der Waals surface area contributed by atoms with Crippen molar-refractivity contribution in [3.05, 3.63) is 72.3 Å². The van der Waals surface area contributed by atoms with E-state index in [0.29, 0.717) is 6.61 Å². The summed E-state index contributed by atoms with van der Waals surface area (Å²) in [6.45, 7) is 2.78. The molecule has 0 amide bonds. The van der Waals surface area contributed by atoms with Crippen LogP contribution in [0.25, 0.3) is 5.57 Å². The van der Waals surface area contributed by atoms with E-state index in [1.807, 2.05) is 36.4 Å². The normalized spacial score (nSPS) is 11.3. The predicted octanol–water partition coefficient (Wildman–Crippen LogP) is 4.56. The fourth-order valence-corrected chi connectivity index (χ4v) is 1.90. The van der Waals surface area contributed by atoms with E-state index in [-0.39, 0.29) is 0 Å². The smallest absolute Gasteiger partial charge is 0.119 e. The van der Waals surface area contributed by atoms with Crippen molar-refractivity contribution < 1.29 is 4.74 Å². The fourth-order valence-electron chi connectivity index (χ4n) is 1.90. The molecular formula is C17H18O. The van der Waals surface area contributed by atoms with Crippen molar-refractivity contribution in [3.8, 4) is 5.75 Å². The number of rotatable bonds is 5. The molecule has 1 nitrogen and oxygen atoms in total. The van der Waals surface area contributed by atoms with Crippen molar-refractivity contribution in [2.75, 3.05) is 6.61 Å². The first-order valence-corrected chi connectivity index (χ1v) is 6.28. The Hall–Kier alpha value is -2.02. The highest BCUT2D eigenvalue weighted by atomic mass is 16.5. The Balaban J connectivity index is 1.90. The average Bonchev–Trinajstić information content (AvgIpc) is 2.46. The van der Waals surface area contributed by atoms with Crippen molar-refractivity contribution in [1.82, 2.24) is 0 Å². The van der Waals surface area contributed by atoms with Crippen LogP contribution >= 0.6 is 0 Å². The van der Waals surface area contributed by atoms with Gasteiger partial charge in [0.25, 0.3) is 0 Å². The summed E-state index contributed by atoms with van der Waals surface area (Å²) < 4.78 is 5.72. The van der Waals surface area contributed by atoms with Crippen LogP contribution < -0.4 is 4.74 Å². The van der Waals surface area contributed by atoms with Gasteiger partial charge in [-0.1, -0.05) is 54.6 Å². The van der Waals surface area contributed by atoms with E-state index in [2.05, 4.69) is 37.3 Å². The molecule has 0 N–H and O–H groups in total. The van der Waals surface area contributed by atoms with Gasteiger partial charge in [0.05, 0.1) is 6.61 Å². The van der Waals surface area contributed by atoms with Crippen LogP contribution in [-0.2, 0) is 0 Å². The maximum absolute atomic E-state index is 5.72. The van der Waals surface area contributed by atoms with Gasteiger partial charge in [-0.2, -0.15) is 0 Å². The van der Waals surface area contributed by atoms with Crippen LogP contribution in [0.5, 0.6) is 5.75 Å². The lowest BCUT2D eigenvalue weighted by atomic mass is 10.0. The van der Waals surface area contributed by atoms with E-state index < -0.39 is 0 Å². The van der Waals surface area contributed by atoms with Gasteiger partial charge in [-0.3, -0.25) is 0 Å². The summed E-state index contributed by atoms with van der Waals surface area (Å²) >= 11 is 0. The van der Waals surface area contributed by atoms with E-state index in [1.165, 1.54) is 11.1 Å². The molecule has 2 aromatic rings. The number of hydrogen-bond donors (Lipinski definition) is 0. The Labute approximate surface area is 109 Å². The van der Waals surface area contributed by atoms with Crippen LogP contribution in [0.4, 0.5) is 0 Å². The van der Waals surface area contributed by atoms with Gasteiger partial charge in [-0.05, 0) is 30.2 Å². The first-order chi connectivity index (χ1) is 8.90. The Morgan fingerprint density at radius 3 is 2.17 bits per heavy atom. The molecule has 0 heterocycles. The molecule has 2 aromatic carbocycles. The van der Waals surface area contributed by atoms with Gasteiger partial charge >= 0.3 is 0 Å². The van der Waals surface area contributed by atoms with Crippen molar-refractivity contribution in [2.24, 2.45) is 0 Å². The van der Waals surface area contributed by atoms with Gasteiger partial charge in [0.15, 0.2) is 0 Å². The molecule has 0 unspecified atom stereocenters. The van der Waals surface area contributed by atoms with E-state index in [0.717, 1.165) is 12.2 Å². The van der Waals surface area contributed by atoms with E-state index in [1.54, 1.807) is 0 Å². The van der Waals surface area contributed by atoms with Gasteiger partial charge in [-0.15, -0.1) is 0 Å². The molecule has 18 heavy (non-hydrogen) atoms. The summed E-state index contributed by atoms with van der Waals surface area (Å²) in [5.74, 6) is 0.931. The van der Waals surface area contributed by atoms with Crippen LogP contribution in [0.2, 0.25) is 0 Å². The second-order valence-electron chi connectivity index (χ2n) is 4.09. The van der Waals surface area contributed by atoms with Crippen LogP contribution in [-0.4, -0.2) is 6.61 Å². The zero-order valence-electron chi connectivity index (χ0n) is 10.7. The zero-order valence-corrected chi connectivity index (χ0v) is 10.7.